The van der Waals surface area contributed by atoms with Gasteiger partial charge in [-0.1, -0.05) is 19.0 Å². The number of β-lactam (4-membered cyclic amide) rings is 1. The fourth-order valence-corrected chi connectivity index (χ4v) is 5.72. The summed E-state index contributed by atoms with van der Waals surface area (Å²) in [7, 11) is -4.87. The molecule has 3 atom stereocenters. The minimum Gasteiger partial charge on any atom is -0.490 e. The van der Waals surface area contributed by atoms with Gasteiger partial charge < -0.3 is 26.8 Å². The number of hydroxylamine groups is 2. The van der Waals surface area contributed by atoms with Crippen LogP contribution in [0.3, 0.4) is 0 Å². The normalized spacial score (nSPS) is 18.6. The third kappa shape index (κ3) is 8.70. The van der Waals surface area contributed by atoms with Crippen LogP contribution in [0, 0.1) is 17.8 Å². The van der Waals surface area contributed by atoms with Crippen molar-refractivity contribution in [1.82, 2.24) is 10.0 Å². The number of anilines is 1. The molecular weight excluding hydrogens is 602 g/mol. The van der Waals surface area contributed by atoms with E-state index in [0.717, 1.165) is 16.9 Å². The molecule has 1 aliphatic heterocycles. The number of amides is 1. The van der Waals surface area contributed by atoms with Crippen LogP contribution >= 0.6 is 11.3 Å². The predicted octanol–water partition coefficient (Wildman–Crippen LogP) is 1.39. The van der Waals surface area contributed by atoms with E-state index in [1.807, 2.05) is 0 Å². The van der Waals surface area contributed by atoms with Gasteiger partial charge in [-0.25, -0.2) is 4.98 Å². The largest absolute Gasteiger partial charge is 0.490 e. The number of nitrogen functional groups attached to an aromatic ring is 1. The van der Waals surface area contributed by atoms with E-state index in [-0.39, 0.29) is 53.8 Å². The third-order valence-corrected chi connectivity index (χ3v) is 8.05. The molecule has 1 aromatic carbocycles. The van der Waals surface area contributed by atoms with Crippen LogP contribution in [0.15, 0.2) is 39.8 Å². The highest BCUT2D eigenvalue weighted by Gasteiger charge is 2.59. The number of ketones is 1. The zero-order valence-electron chi connectivity index (χ0n) is 24.3. The van der Waals surface area contributed by atoms with Gasteiger partial charge >= 0.3 is 10.4 Å². The number of hydrogen-bond donors (Lipinski definition) is 4. The Morgan fingerprint density at radius 3 is 2.47 bits per heavy atom. The summed E-state index contributed by atoms with van der Waals surface area (Å²) in [6.07, 6.45) is -0.0135. The van der Waals surface area contributed by atoms with Crippen LogP contribution in [-0.2, 0) is 29.1 Å². The van der Waals surface area contributed by atoms with Crippen LogP contribution in [-0.4, -0.2) is 78.1 Å². The van der Waals surface area contributed by atoms with Gasteiger partial charge in [-0.05, 0) is 49.9 Å². The van der Waals surface area contributed by atoms with Crippen LogP contribution in [0.1, 0.15) is 45.4 Å². The Labute approximate surface area is 254 Å². The molecule has 1 amide bonds. The molecule has 1 saturated heterocycles. The number of carbonyl (C=O) groups excluding carboxylic acids is 2. The minimum atomic E-state index is -4.87. The number of oxime groups is 1. The summed E-state index contributed by atoms with van der Waals surface area (Å²) >= 11 is 1.14. The number of benzene rings is 1. The zero-order valence-corrected chi connectivity index (χ0v) is 25.9. The maximum absolute atomic E-state index is 13.4. The molecule has 236 valence electrons. The van der Waals surface area contributed by atoms with Gasteiger partial charge in [-0.2, -0.15) is 13.5 Å². The van der Waals surface area contributed by atoms with Gasteiger partial charge in [0.05, 0.1) is 18.0 Å². The number of hydrogen-bond acceptors (Lipinski definition) is 13. The molecule has 2 heterocycles. The van der Waals surface area contributed by atoms with Crippen molar-refractivity contribution in [3.8, 4) is 5.75 Å². The Morgan fingerprint density at radius 2 is 1.91 bits per heavy atom. The Balaban J connectivity index is 1.60. The highest BCUT2D eigenvalue weighted by Crippen LogP contribution is 2.45. The molecule has 0 saturated carbocycles. The number of carbonyl (C=O) groups is 2. The van der Waals surface area contributed by atoms with Gasteiger partial charge in [-0.15, -0.1) is 15.6 Å². The number of Topliss-reactive ketones (excluding diaryl/α,β-unsaturated/α-hetero) is 1. The van der Waals surface area contributed by atoms with Crippen molar-refractivity contribution in [1.29, 1.82) is 0 Å². The number of ether oxygens (including phenoxy) is 1. The molecule has 7 N–H and O–H groups in total. The third-order valence-electron chi connectivity index (χ3n) is 7.04. The molecule has 3 rings (SSSR count). The summed E-state index contributed by atoms with van der Waals surface area (Å²) < 4.78 is 41.4. The Morgan fingerprint density at radius 1 is 1.23 bits per heavy atom. The molecule has 15 nitrogen and oxygen atoms in total. The van der Waals surface area contributed by atoms with Crippen LogP contribution in [0.25, 0.3) is 0 Å². The van der Waals surface area contributed by atoms with Gasteiger partial charge in [0, 0.05) is 23.9 Å². The van der Waals surface area contributed by atoms with Crippen molar-refractivity contribution in [3.63, 3.8) is 0 Å². The van der Waals surface area contributed by atoms with E-state index in [1.165, 1.54) is 0 Å². The van der Waals surface area contributed by atoms with Crippen molar-refractivity contribution in [2.75, 3.05) is 32.0 Å². The van der Waals surface area contributed by atoms with Gasteiger partial charge in [-0.3, -0.25) is 19.1 Å². The maximum atomic E-state index is 13.4. The molecule has 0 spiro atoms. The predicted molar refractivity (Wildman–Crippen MR) is 161 cm³/mol. The molecule has 43 heavy (non-hydrogen) atoms. The minimum absolute atomic E-state index is 0.0135. The first-order chi connectivity index (χ1) is 20.2. The lowest BCUT2D eigenvalue weighted by atomic mass is 9.66. The first-order valence-electron chi connectivity index (χ1n) is 13.3. The molecule has 0 bridgehead atoms. The smallest absolute Gasteiger partial charge is 0.418 e. The molecule has 0 radical (unpaired) electrons. The van der Waals surface area contributed by atoms with Gasteiger partial charge in [0.25, 0.3) is 5.91 Å². The van der Waals surface area contributed by atoms with Crippen molar-refractivity contribution in [3.05, 3.63) is 40.9 Å². The lowest BCUT2D eigenvalue weighted by Crippen LogP contribution is -2.70. The Bertz CT molecular complexity index is 1460. The molecule has 17 heteroatoms. The SMILES string of the molecule is CC(CC(=O)C(=NOCCOc1ccc(C(N)=NCCN)cc1)c1csc(N)n1)C(C)C1C(=O)N(OS(=O)(=O)O)C1(C)C. The number of aromatic nitrogens is 1. The van der Waals surface area contributed by atoms with Gasteiger partial charge in [0.1, 0.15) is 23.9 Å². The van der Waals surface area contributed by atoms with Crippen LogP contribution < -0.4 is 21.9 Å². The first kappa shape index (κ1) is 33.9. The quantitative estimate of drug-likeness (QED) is 0.0509. The standard InChI is InChI=1S/C26H37N7O8S2/c1-15(16(2)21-24(35)33(26(21,3)4)41-43(36,37)38)13-20(34)22(19-14-42-25(29)31-19)32-40-12-11-39-18-7-5-17(6-8-18)23(28)30-10-9-27/h5-8,14-16,21H,9-13,27H2,1-4H3,(H2,28,30)(H2,29,31)(H,36,37,38). The van der Waals surface area contributed by atoms with E-state index in [1.54, 1.807) is 57.3 Å². The molecule has 0 aliphatic carbocycles. The van der Waals surface area contributed by atoms with Crippen molar-refractivity contribution in [2.24, 2.45) is 39.4 Å². The summed E-state index contributed by atoms with van der Waals surface area (Å²) in [4.78, 5) is 39.8. The second-order valence-electron chi connectivity index (χ2n) is 10.5. The van der Waals surface area contributed by atoms with Crippen LogP contribution in [0.5, 0.6) is 5.75 Å². The first-order valence-corrected chi connectivity index (χ1v) is 15.6. The molecule has 1 fully saturated rings. The fourth-order valence-electron chi connectivity index (χ4n) is 4.71. The molecule has 1 aromatic heterocycles. The van der Waals surface area contributed by atoms with E-state index >= 15 is 0 Å². The lowest BCUT2D eigenvalue weighted by molar-refractivity contribution is -0.236. The van der Waals surface area contributed by atoms with E-state index < -0.39 is 27.8 Å². The number of aliphatic imine (C=N–C) groups is 1. The van der Waals surface area contributed by atoms with E-state index in [4.69, 9.17) is 31.3 Å². The molecule has 3 unspecified atom stereocenters. The highest BCUT2D eigenvalue weighted by molar-refractivity contribution is 7.80. The topological polar surface area (TPSA) is 235 Å². The summed E-state index contributed by atoms with van der Waals surface area (Å²) in [5, 5.41) is 6.50. The van der Waals surface area contributed by atoms with Crippen LogP contribution in [0.2, 0.25) is 0 Å². The number of thiazole rings is 1. The zero-order chi connectivity index (χ0) is 31.9. The number of rotatable bonds is 16. The summed E-state index contributed by atoms with van der Waals surface area (Å²) in [6.45, 7) is 7.80. The number of amidine groups is 1. The highest BCUT2D eigenvalue weighted by atomic mass is 32.3. The Kier molecular flexibility index (Phi) is 11.2. The van der Waals surface area contributed by atoms with Gasteiger partial charge in [0.2, 0.25) is 0 Å². The Hall–Kier alpha value is -3.64. The lowest BCUT2D eigenvalue weighted by Gasteiger charge is -2.54. The average Bonchev–Trinajstić information content (AvgIpc) is 3.37. The molecular formula is C26H37N7O8S2. The second-order valence-corrected chi connectivity index (χ2v) is 12.4. The van der Waals surface area contributed by atoms with Crippen molar-refractivity contribution >= 4 is 50.1 Å². The van der Waals surface area contributed by atoms with Crippen molar-refractivity contribution < 1.29 is 36.4 Å². The molecule has 1 aliphatic rings. The monoisotopic (exact) mass is 639 g/mol. The van der Waals surface area contributed by atoms with E-state index in [0.29, 0.717) is 29.7 Å². The van der Waals surface area contributed by atoms with E-state index in [9.17, 15) is 18.0 Å². The average molecular weight is 640 g/mol. The van der Waals surface area contributed by atoms with Crippen molar-refractivity contribution in [2.45, 2.75) is 39.7 Å². The summed E-state index contributed by atoms with van der Waals surface area (Å²) in [5.41, 5.74) is 17.1. The fraction of sp³-hybridized carbons (Fsp3) is 0.500. The second kappa shape index (κ2) is 14.2. The summed E-state index contributed by atoms with van der Waals surface area (Å²) in [5.74, 6) is -1.41. The van der Waals surface area contributed by atoms with Gasteiger partial charge in [0.15, 0.2) is 23.2 Å². The van der Waals surface area contributed by atoms with E-state index in [2.05, 4.69) is 19.4 Å². The number of nitrogens with zero attached hydrogens (tertiary/aromatic N) is 4. The number of nitrogens with two attached hydrogens (primary N) is 3. The molecule has 2 aromatic rings. The maximum Gasteiger partial charge on any atom is 0.418 e. The van der Waals surface area contributed by atoms with Crippen LogP contribution in [0.4, 0.5) is 5.13 Å². The summed E-state index contributed by atoms with van der Waals surface area (Å²) in [6, 6.07) is 7.02.